The van der Waals surface area contributed by atoms with Crippen molar-refractivity contribution in [2.24, 2.45) is 0 Å². The van der Waals surface area contributed by atoms with Crippen LogP contribution in [-0.2, 0) is 6.54 Å². The van der Waals surface area contributed by atoms with E-state index in [-0.39, 0.29) is 22.5 Å². The standard InChI is InChI=1S/C23H30N6O2/c1-3-10-28-19(24)17(22(30)25-9-14-27-11-5-4-6-12-27)15-18-21(28)26-20-16(2)8-7-13-29(20)23(18)31/h7-8,13,15,24H,3-6,9-12,14H2,1-2H3,(H,25,30). The average molecular weight is 423 g/mol. The first-order chi connectivity index (χ1) is 15.0. The van der Waals surface area contributed by atoms with Gasteiger partial charge in [0.05, 0.1) is 10.9 Å². The Hall–Kier alpha value is -3.00. The summed E-state index contributed by atoms with van der Waals surface area (Å²) in [5.41, 5.74) is 1.99. The Labute approximate surface area is 181 Å². The van der Waals surface area contributed by atoms with Gasteiger partial charge in [-0.15, -0.1) is 0 Å². The van der Waals surface area contributed by atoms with Gasteiger partial charge in [0, 0.05) is 25.8 Å². The number of hydrogen-bond donors (Lipinski definition) is 2. The van der Waals surface area contributed by atoms with Crippen LogP contribution in [0.1, 0.15) is 48.5 Å². The third-order valence-electron chi connectivity index (χ3n) is 5.99. The molecule has 4 rings (SSSR count). The van der Waals surface area contributed by atoms with Crippen LogP contribution in [0, 0.1) is 12.3 Å². The van der Waals surface area contributed by atoms with Gasteiger partial charge in [0.25, 0.3) is 11.5 Å². The molecule has 0 aliphatic carbocycles. The van der Waals surface area contributed by atoms with Gasteiger partial charge in [0.2, 0.25) is 0 Å². The largest absolute Gasteiger partial charge is 0.351 e. The number of carbonyl (C=O) groups is 1. The van der Waals surface area contributed by atoms with Crippen LogP contribution in [0.25, 0.3) is 16.7 Å². The fourth-order valence-corrected chi connectivity index (χ4v) is 4.32. The molecule has 8 nitrogen and oxygen atoms in total. The van der Waals surface area contributed by atoms with E-state index in [0.717, 1.165) is 31.6 Å². The van der Waals surface area contributed by atoms with Crippen LogP contribution in [-0.4, -0.2) is 50.9 Å². The summed E-state index contributed by atoms with van der Waals surface area (Å²) < 4.78 is 3.19. The molecular formula is C23H30N6O2. The zero-order valence-electron chi connectivity index (χ0n) is 18.3. The van der Waals surface area contributed by atoms with Crippen molar-refractivity contribution in [3.63, 3.8) is 0 Å². The molecule has 0 unspecified atom stereocenters. The molecule has 1 aliphatic heterocycles. The number of rotatable bonds is 6. The lowest BCUT2D eigenvalue weighted by atomic mass is 10.1. The Morgan fingerprint density at radius 1 is 1.19 bits per heavy atom. The normalized spacial score (nSPS) is 14.9. The summed E-state index contributed by atoms with van der Waals surface area (Å²) >= 11 is 0. The molecule has 3 aromatic heterocycles. The first-order valence-corrected chi connectivity index (χ1v) is 11.1. The van der Waals surface area contributed by atoms with Crippen LogP contribution in [0.4, 0.5) is 0 Å². The zero-order chi connectivity index (χ0) is 22.0. The van der Waals surface area contributed by atoms with Crippen LogP contribution in [0.15, 0.2) is 29.2 Å². The van der Waals surface area contributed by atoms with Gasteiger partial charge in [-0.3, -0.25) is 19.4 Å². The van der Waals surface area contributed by atoms with Crippen LogP contribution < -0.4 is 16.4 Å². The number of aryl methyl sites for hydroxylation is 2. The lowest BCUT2D eigenvalue weighted by molar-refractivity contribution is 0.0944. The van der Waals surface area contributed by atoms with Gasteiger partial charge in [-0.25, -0.2) is 4.98 Å². The molecule has 8 heteroatoms. The summed E-state index contributed by atoms with van der Waals surface area (Å²) in [5, 5.41) is 12.0. The molecule has 0 atom stereocenters. The van der Waals surface area contributed by atoms with Gasteiger partial charge in [0.15, 0.2) is 0 Å². The fraction of sp³-hybridized carbons (Fsp3) is 0.478. The molecule has 1 amide bonds. The number of fused-ring (bicyclic) bond motifs is 2. The molecule has 1 saturated heterocycles. The van der Waals surface area contributed by atoms with Crippen molar-refractivity contribution in [2.45, 2.75) is 46.1 Å². The van der Waals surface area contributed by atoms with Crippen LogP contribution in [0.3, 0.4) is 0 Å². The number of aromatic nitrogens is 3. The maximum Gasteiger partial charge on any atom is 0.267 e. The molecule has 31 heavy (non-hydrogen) atoms. The molecule has 1 fully saturated rings. The topological polar surface area (TPSA) is 95.5 Å². The Morgan fingerprint density at radius 2 is 1.97 bits per heavy atom. The van der Waals surface area contributed by atoms with Gasteiger partial charge < -0.3 is 14.8 Å². The van der Waals surface area contributed by atoms with Crippen LogP contribution >= 0.6 is 0 Å². The van der Waals surface area contributed by atoms with Crippen molar-refractivity contribution in [3.8, 4) is 0 Å². The number of carbonyl (C=O) groups excluding carboxylic acids is 1. The molecule has 0 saturated carbocycles. The molecule has 3 aromatic rings. The highest BCUT2D eigenvalue weighted by Gasteiger charge is 2.18. The summed E-state index contributed by atoms with van der Waals surface area (Å²) in [6.45, 7) is 7.89. The molecule has 164 valence electrons. The average Bonchev–Trinajstić information content (AvgIpc) is 2.77. The minimum atomic E-state index is -0.317. The third-order valence-corrected chi connectivity index (χ3v) is 5.99. The first-order valence-electron chi connectivity index (χ1n) is 11.1. The van der Waals surface area contributed by atoms with E-state index >= 15 is 0 Å². The highest BCUT2D eigenvalue weighted by molar-refractivity contribution is 5.96. The van der Waals surface area contributed by atoms with Crippen molar-refractivity contribution in [3.05, 3.63) is 51.4 Å². The Balaban J connectivity index is 1.73. The van der Waals surface area contributed by atoms with E-state index in [1.165, 1.54) is 29.7 Å². The molecule has 2 N–H and O–H groups in total. The first kappa shape index (κ1) is 21.2. The summed E-state index contributed by atoms with van der Waals surface area (Å²) in [6.07, 6.45) is 6.14. The lowest BCUT2D eigenvalue weighted by Gasteiger charge is -2.26. The molecule has 0 bridgehead atoms. The molecule has 1 aliphatic rings. The Kier molecular flexibility index (Phi) is 6.18. The van der Waals surface area contributed by atoms with E-state index in [4.69, 9.17) is 10.4 Å². The highest BCUT2D eigenvalue weighted by atomic mass is 16.1. The molecular weight excluding hydrogens is 392 g/mol. The Morgan fingerprint density at radius 3 is 2.71 bits per heavy atom. The van der Waals surface area contributed by atoms with E-state index in [1.807, 2.05) is 26.0 Å². The third kappa shape index (κ3) is 4.12. The van der Waals surface area contributed by atoms with Crippen LogP contribution in [0.2, 0.25) is 0 Å². The second kappa shape index (κ2) is 9.01. The van der Waals surface area contributed by atoms with Crippen molar-refractivity contribution in [1.29, 1.82) is 5.41 Å². The SMILES string of the molecule is CCCn1c(=N)c(C(=O)NCCN2CCCCC2)cc2c(=O)n3cccc(C)c3nc21. The van der Waals surface area contributed by atoms with Gasteiger partial charge in [-0.1, -0.05) is 19.4 Å². The monoisotopic (exact) mass is 422 g/mol. The minimum absolute atomic E-state index is 0.0923. The summed E-state index contributed by atoms with van der Waals surface area (Å²) in [7, 11) is 0. The second-order valence-electron chi connectivity index (χ2n) is 8.26. The number of likely N-dealkylation sites (tertiary alicyclic amines) is 1. The minimum Gasteiger partial charge on any atom is -0.351 e. The second-order valence-corrected chi connectivity index (χ2v) is 8.26. The fourth-order valence-electron chi connectivity index (χ4n) is 4.32. The molecule has 0 spiro atoms. The van der Waals surface area contributed by atoms with Gasteiger partial charge in [0.1, 0.15) is 16.8 Å². The highest BCUT2D eigenvalue weighted by Crippen LogP contribution is 2.13. The molecule has 4 heterocycles. The van der Waals surface area contributed by atoms with Gasteiger partial charge in [-0.05, 0) is 57.0 Å². The van der Waals surface area contributed by atoms with E-state index in [2.05, 4.69) is 10.2 Å². The zero-order valence-corrected chi connectivity index (χ0v) is 18.3. The predicted octanol–water partition coefficient (Wildman–Crippen LogP) is 2.06. The van der Waals surface area contributed by atoms with Crippen molar-refractivity contribution >= 4 is 22.6 Å². The van der Waals surface area contributed by atoms with Gasteiger partial charge in [-0.2, -0.15) is 0 Å². The van der Waals surface area contributed by atoms with Crippen molar-refractivity contribution in [1.82, 2.24) is 24.2 Å². The van der Waals surface area contributed by atoms with E-state index < -0.39 is 0 Å². The summed E-state index contributed by atoms with van der Waals surface area (Å²) in [6, 6.07) is 5.25. The maximum absolute atomic E-state index is 13.2. The lowest BCUT2D eigenvalue weighted by Crippen LogP contribution is -2.40. The van der Waals surface area contributed by atoms with E-state index in [9.17, 15) is 9.59 Å². The maximum atomic E-state index is 13.2. The molecule has 0 aromatic carbocycles. The smallest absolute Gasteiger partial charge is 0.267 e. The van der Waals surface area contributed by atoms with Crippen molar-refractivity contribution < 1.29 is 4.79 Å². The number of amides is 1. The number of hydrogen-bond acceptors (Lipinski definition) is 5. The van der Waals surface area contributed by atoms with Crippen LogP contribution in [0.5, 0.6) is 0 Å². The number of nitrogens with zero attached hydrogens (tertiary/aromatic N) is 4. The van der Waals surface area contributed by atoms with Gasteiger partial charge >= 0.3 is 0 Å². The predicted molar refractivity (Wildman–Crippen MR) is 120 cm³/mol. The van der Waals surface area contributed by atoms with Crippen molar-refractivity contribution in [2.75, 3.05) is 26.2 Å². The quantitative estimate of drug-likeness (QED) is 0.595. The molecule has 0 radical (unpaired) electrons. The van der Waals surface area contributed by atoms with E-state index in [0.29, 0.717) is 29.8 Å². The number of pyridine rings is 2. The number of piperidine rings is 1. The van der Waals surface area contributed by atoms with E-state index in [1.54, 1.807) is 10.8 Å². The summed E-state index contributed by atoms with van der Waals surface area (Å²) in [5.74, 6) is -0.317. The Bertz CT molecular complexity index is 1240. The number of nitrogens with one attached hydrogen (secondary N) is 2. The summed E-state index contributed by atoms with van der Waals surface area (Å²) in [4.78, 5) is 33.2.